The number of fused-ring (bicyclic) bond motifs is 1. The maximum absolute atomic E-state index is 5.34. The molecule has 1 aliphatic heterocycles. The molecule has 18 heavy (non-hydrogen) atoms. The second-order valence-corrected chi connectivity index (χ2v) is 5.13. The first-order valence-electron chi connectivity index (χ1n) is 6.08. The zero-order chi connectivity index (χ0) is 13.0. The molecule has 0 saturated heterocycles. The monoisotopic (exact) mass is 352 g/mol. The van der Waals surface area contributed by atoms with E-state index >= 15 is 0 Å². The van der Waals surface area contributed by atoms with Gasteiger partial charge in [0, 0.05) is 41.5 Å². The van der Waals surface area contributed by atoms with Crippen molar-refractivity contribution in [1.82, 2.24) is 3.53 Å². The van der Waals surface area contributed by atoms with E-state index in [-0.39, 0.29) is 5.66 Å². The van der Waals surface area contributed by atoms with Gasteiger partial charge < -0.3 is 4.90 Å². The van der Waals surface area contributed by atoms with Crippen LogP contribution in [0.2, 0.25) is 0 Å². The van der Waals surface area contributed by atoms with Gasteiger partial charge in [-0.3, -0.25) is 0 Å². The summed E-state index contributed by atoms with van der Waals surface area (Å²) in [5.74, 6) is 2.71. The van der Waals surface area contributed by atoms with Gasteiger partial charge >= 0.3 is 0 Å². The Kier molecular flexibility index (Phi) is 4.31. The molecule has 0 fully saturated rings. The van der Waals surface area contributed by atoms with E-state index in [0.717, 1.165) is 19.4 Å². The zero-order valence-electron chi connectivity index (χ0n) is 10.5. The van der Waals surface area contributed by atoms with Crippen molar-refractivity contribution in [2.45, 2.75) is 25.4 Å². The topological polar surface area (TPSA) is 15.3 Å². The van der Waals surface area contributed by atoms with Crippen LogP contribution in [0.1, 0.15) is 25.3 Å². The van der Waals surface area contributed by atoms with E-state index < -0.39 is 0 Å². The van der Waals surface area contributed by atoms with E-state index in [2.05, 4.69) is 80.6 Å². The molecule has 1 atom stereocenters. The number of hydrogen-bond donors (Lipinski definition) is 1. The molecular weight excluding hydrogens is 335 g/mol. The Labute approximate surface area is 123 Å². The summed E-state index contributed by atoms with van der Waals surface area (Å²) in [5, 5.41) is 0. The van der Waals surface area contributed by atoms with Crippen molar-refractivity contribution >= 4 is 34.6 Å². The van der Waals surface area contributed by atoms with E-state index in [0.29, 0.717) is 0 Å². The summed E-state index contributed by atoms with van der Waals surface area (Å²) < 4.78 is 3.36. The summed E-state index contributed by atoms with van der Waals surface area (Å²) in [6.45, 7) is 3.14. The first kappa shape index (κ1) is 13.4. The SMILES string of the molecule is C#CCCCN1c2ccccc2C=CC1(C)NI. The van der Waals surface area contributed by atoms with Crippen molar-refractivity contribution in [3.05, 3.63) is 35.9 Å². The number of hydrogen-bond acceptors (Lipinski definition) is 2. The van der Waals surface area contributed by atoms with Gasteiger partial charge in [0.15, 0.2) is 0 Å². The number of rotatable bonds is 4. The molecule has 0 aromatic heterocycles. The van der Waals surface area contributed by atoms with Crippen molar-refractivity contribution < 1.29 is 0 Å². The van der Waals surface area contributed by atoms with Crippen LogP contribution >= 0.6 is 22.9 Å². The summed E-state index contributed by atoms with van der Waals surface area (Å²) in [6.07, 6.45) is 11.6. The highest BCUT2D eigenvalue weighted by Gasteiger charge is 2.31. The summed E-state index contributed by atoms with van der Waals surface area (Å²) in [6, 6.07) is 8.47. The minimum atomic E-state index is -0.149. The molecule has 0 saturated carbocycles. The van der Waals surface area contributed by atoms with Crippen LogP contribution in [0.3, 0.4) is 0 Å². The van der Waals surface area contributed by atoms with Gasteiger partial charge in [-0.25, -0.2) is 3.53 Å². The maximum atomic E-state index is 5.34. The highest BCUT2D eigenvalue weighted by molar-refractivity contribution is 14.1. The average Bonchev–Trinajstić information content (AvgIpc) is 2.41. The molecule has 94 valence electrons. The molecule has 1 heterocycles. The fraction of sp³-hybridized carbons (Fsp3) is 0.333. The van der Waals surface area contributed by atoms with Crippen LogP contribution in [-0.2, 0) is 0 Å². The largest absolute Gasteiger partial charge is 0.349 e. The predicted octanol–water partition coefficient (Wildman–Crippen LogP) is 3.59. The van der Waals surface area contributed by atoms with Crippen molar-refractivity contribution in [3.8, 4) is 12.3 Å². The lowest BCUT2D eigenvalue weighted by Crippen LogP contribution is -2.54. The highest BCUT2D eigenvalue weighted by Crippen LogP contribution is 2.33. The van der Waals surface area contributed by atoms with Gasteiger partial charge in [-0.2, -0.15) is 0 Å². The molecule has 0 spiro atoms. The second kappa shape index (κ2) is 5.77. The van der Waals surface area contributed by atoms with E-state index in [1.165, 1.54) is 11.3 Å². The summed E-state index contributed by atoms with van der Waals surface area (Å²) in [7, 11) is 0. The molecule has 1 aliphatic rings. The second-order valence-electron chi connectivity index (χ2n) is 4.59. The average molecular weight is 352 g/mol. The lowest BCUT2D eigenvalue weighted by Gasteiger charge is -2.43. The number of nitrogens with one attached hydrogen (secondary N) is 1. The van der Waals surface area contributed by atoms with Crippen LogP contribution in [-0.4, -0.2) is 12.2 Å². The molecule has 0 aliphatic carbocycles. The molecule has 0 bridgehead atoms. The third-order valence-corrected chi connectivity index (χ3v) is 4.36. The van der Waals surface area contributed by atoms with E-state index in [1.807, 2.05) is 0 Å². The van der Waals surface area contributed by atoms with Crippen LogP contribution in [0.25, 0.3) is 6.08 Å². The van der Waals surface area contributed by atoms with Gasteiger partial charge in [0.05, 0.1) is 0 Å². The Balaban J connectivity index is 2.31. The minimum Gasteiger partial charge on any atom is -0.349 e. The normalized spacial score (nSPS) is 21.5. The van der Waals surface area contributed by atoms with Crippen LogP contribution in [0.15, 0.2) is 30.3 Å². The van der Waals surface area contributed by atoms with Gasteiger partial charge in [-0.15, -0.1) is 12.3 Å². The van der Waals surface area contributed by atoms with Crippen LogP contribution in [0, 0.1) is 12.3 Å². The Morgan fingerprint density at radius 1 is 1.44 bits per heavy atom. The van der Waals surface area contributed by atoms with Crippen molar-refractivity contribution in [2.24, 2.45) is 0 Å². The van der Waals surface area contributed by atoms with Crippen LogP contribution in [0.4, 0.5) is 5.69 Å². The minimum absolute atomic E-state index is 0.149. The molecule has 2 nitrogen and oxygen atoms in total. The predicted molar refractivity (Wildman–Crippen MR) is 86.4 cm³/mol. The number of terminal acetylenes is 1. The zero-order valence-corrected chi connectivity index (χ0v) is 12.6. The van der Waals surface area contributed by atoms with Gasteiger partial charge in [0.25, 0.3) is 0 Å². The number of anilines is 1. The molecule has 1 aromatic carbocycles. The number of para-hydroxylation sites is 1. The molecule has 1 N–H and O–H groups in total. The first-order valence-corrected chi connectivity index (χ1v) is 7.16. The number of nitrogens with zero attached hydrogens (tertiary/aromatic N) is 1. The molecule has 2 rings (SSSR count). The number of halogens is 1. The van der Waals surface area contributed by atoms with Crippen LogP contribution in [0.5, 0.6) is 0 Å². The lowest BCUT2D eigenvalue weighted by molar-refractivity contribution is 0.502. The molecule has 1 unspecified atom stereocenters. The molecular formula is C15H17IN2. The molecule has 1 aromatic rings. The Morgan fingerprint density at radius 2 is 2.22 bits per heavy atom. The van der Waals surface area contributed by atoms with Crippen LogP contribution < -0.4 is 8.43 Å². The van der Waals surface area contributed by atoms with Gasteiger partial charge in [0.1, 0.15) is 5.66 Å². The van der Waals surface area contributed by atoms with Crippen molar-refractivity contribution in [3.63, 3.8) is 0 Å². The lowest BCUT2D eigenvalue weighted by atomic mass is 9.99. The molecule has 0 radical (unpaired) electrons. The van der Waals surface area contributed by atoms with Gasteiger partial charge in [-0.05, 0) is 31.1 Å². The van der Waals surface area contributed by atoms with Crippen molar-refractivity contribution in [2.75, 3.05) is 11.4 Å². The summed E-state index contributed by atoms with van der Waals surface area (Å²) >= 11 is 2.22. The standard InChI is InChI=1S/C15H17IN2/c1-3-4-7-12-18-14-9-6-5-8-13(14)10-11-15(18,2)17-16/h1,5-6,8-11,17H,4,7,12H2,2H3. The highest BCUT2D eigenvalue weighted by atomic mass is 127. The summed E-state index contributed by atoms with van der Waals surface area (Å²) in [4.78, 5) is 2.38. The van der Waals surface area contributed by atoms with E-state index in [1.54, 1.807) is 0 Å². The van der Waals surface area contributed by atoms with Crippen molar-refractivity contribution in [1.29, 1.82) is 0 Å². The fourth-order valence-electron chi connectivity index (χ4n) is 2.24. The fourth-order valence-corrected chi connectivity index (χ4v) is 2.71. The first-order chi connectivity index (χ1) is 8.71. The Morgan fingerprint density at radius 3 is 2.94 bits per heavy atom. The van der Waals surface area contributed by atoms with Gasteiger partial charge in [-0.1, -0.05) is 24.3 Å². The maximum Gasteiger partial charge on any atom is 0.116 e. The number of benzene rings is 1. The van der Waals surface area contributed by atoms with Gasteiger partial charge in [0.2, 0.25) is 0 Å². The van der Waals surface area contributed by atoms with E-state index in [4.69, 9.17) is 6.42 Å². The molecule has 0 amide bonds. The smallest absolute Gasteiger partial charge is 0.116 e. The third kappa shape index (κ3) is 2.55. The quantitative estimate of drug-likeness (QED) is 0.386. The third-order valence-electron chi connectivity index (χ3n) is 3.27. The Bertz CT molecular complexity index is 490. The summed E-state index contributed by atoms with van der Waals surface area (Å²) in [5.41, 5.74) is 2.38. The van der Waals surface area contributed by atoms with E-state index in [9.17, 15) is 0 Å². The number of unbranched alkanes of at least 4 members (excludes halogenated alkanes) is 1. The molecule has 3 heteroatoms. The Hall–Kier alpha value is -0.990.